The van der Waals surface area contributed by atoms with E-state index in [0.717, 1.165) is 32.9 Å². The minimum atomic E-state index is -0.492. The van der Waals surface area contributed by atoms with Crippen LogP contribution in [-0.2, 0) is 6.54 Å². The first-order valence-electron chi connectivity index (χ1n) is 8.39. The van der Waals surface area contributed by atoms with Crippen LogP contribution in [0.15, 0.2) is 48.7 Å². The summed E-state index contributed by atoms with van der Waals surface area (Å²) in [5, 5.41) is 2.87. The summed E-state index contributed by atoms with van der Waals surface area (Å²) in [6, 6.07) is 9.83. The van der Waals surface area contributed by atoms with Crippen LogP contribution in [0.5, 0.6) is 0 Å². The summed E-state index contributed by atoms with van der Waals surface area (Å²) in [6.07, 6.45) is 1.89. The summed E-state index contributed by atoms with van der Waals surface area (Å²) in [4.78, 5) is 18.6. The molecule has 4 nitrogen and oxygen atoms in total. The number of carbonyl (C=O) groups is 1. The van der Waals surface area contributed by atoms with E-state index in [9.17, 15) is 13.6 Å². The first-order chi connectivity index (χ1) is 13.4. The van der Waals surface area contributed by atoms with Crippen molar-refractivity contribution in [1.29, 1.82) is 0 Å². The van der Waals surface area contributed by atoms with Gasteiger partial charge in [0, 0.05) is 22.3 Å². The van der Waals surface area contributed by atoms with Crippen molar-refractivity contribution in [2.75, 3.05) is 0 Å². The SMILES string of the molecule is Cc1c(CNC(=O)c2ccc(F)cc2Cl)sc2nc(-c3ccc(F)cc3)cn12. The Bertz CT molecular complexity index is 1180. The highest BCUT2D eigenvalue weighted by Crippen LogP contribution is 2.27. The molecule has 0 saturated carbocycles. The predicted molar refractivity (Wildman–Crippen MR) is 106 cm³/mol. The molecule has 0 saturated heterocycles. The molecule has 0 aliphatic rings. The molecule has 1 amide bonds. The van der Waals surface area contributed by atoms with Gasteiger partial charge in [0.2, 0.25) is 0 Å². The molecule has 8 heteroatoms. The number of imidazole rings is 1. The minimum absolute atomic E-state index is 0.0687. The Morgan fingerprint density at radius 3 is 2.57 bits per heavy atom. The van der Waals surface area contributed by atoms with Crippen LogP contribution in [0.4, 0.5) is 8.78 Å². The second kappa shape index (κ2) is 7.33. The molecular formula is C20H14ClF2N3OS. The molecule has 2 aromatic heterocycles. The number of benzene rings is 2. The topological polar surface area (TPSA) is 46.4 Å². The molecule has 28 heavy (non-hydrogen) atoms. The lowest BCUT2D eigenvalue weighted by Crippen LogP contribution is -2.23. The number of nitrogens with zero attached hydrogens (tertiary/aromatic N) is 2. The number of hydrogen-bond acceptors (Lipinski definition) is 3. The molecule has 2 heterocycles. The van der Waals surface area contributed by atoms with Crippen LogP contribution in [0.25, 0.3) is 16.2 Å². The molecule has 0 atom stereocenters. The van der Waals surface area contributed by atoms with Gasteiger partial charge in [0.1, 0.15) is 11.6 Å². The normalized spacial score (nSPS) is 11.1. The monoisotopic (exact) mass is 417 g/mol. The third-order valence-corrected chi connectivity index (χ3v) is 5.85. The van der Waals surface area contributed by atoms with Crippen molar-refractivity contribution in [2.24, 2.45) is 0 Å². The Hall–Kier alpha value is -2.77. The van der Waals surface area contributed by atoms with E-state index in [4.69, 9.17) is 11.6 Å². The molecular weight excluding hydrogens is 404 g/mol. The fourth-order valence-electron chi connectivity index (χ4n) is 2.85. The van der Waals surface area contributed by atoms with E-state index in [-0.39, 0.29) is 22.3 Å². The molecule has 2 aromatic carbocycles. The van der Waals surface area contributed by atoms with Crippen LogP contribution in [0.1, 0.15) is 20.9 Å². The van der Waals surface area contributed by atoms with Crippen LogP contribution in [0.3, 0.4) is 0 Å². The zero-order valence-corrected chi connectivity index (χ0v) is 16.2. The van der Waals surface area contributed by atoms with Crippen LogP contribution in [-0.4, -0.2) is 15.3 Å². The third-order valence-electron chi connectivity index (χ3n) is 4.38. The molecule has 0 radical (unpaired) electrons. The Morgan fingerprint density at radius 2 is 1.89 bits per heavy atom. The summed E-state index contributed by atoms with van der Waals surface area (Å²) < 4.78 is 28.2. The van der Waals surface area contributed by atoms with Gasteiger partial charge in [0.15, 0.2) is 4.96 Å². The molecule has 0 unspecified atom stereocenters. The van der Waals surface area contributed by atoms with E-state index < -0.39 is 5.82 Å². The van der Waals surface area contributed by atoms with Crippen molar-refractivity contribution in [2.45, 2.75) is 13.5 Å². The van der Waals surface area contributed by atoms with Crippen LogP contribution >= 0.6 is 22.9 Å². The number of thiazole rings is 1. The standard InChI is InChI=1S/C20H14ClF2N3OS/c1-11-18(9-24-19(27)15-7-6-14(23)8-16(15)21)28-20-25-17(10-26(11)20)12-2-4-13(22)5-3-12/h2-8,10H,9H2,1H3,(H,24,27). The molecule has 0 aliphatic heterocycles. The number of carbonyl (C=O) groups excluding carboxylic acids is 1. The number of hydrogen-bond donors (Lipinski definition) is 1. The summed E-state index contributed by atoms with van der Waals surface area (Å²) in [6.45, 7) is 2.24. The Kier molecular flexibility index (Phi) is 4.87. The van der Waals surface area contributed by atoms with Gasteiger partial charge in [0.05, 0.1) is 22.8 Å². The molecule has 142 valence electrons. The van der Waals surface area contributed by atoms with E-state index in [1.54, 1.807) is 12.1 Å². The minimum Gasteiger partial charge on any atom is -0.347 e. The molecule has 0 bridgehead atoms. The predicted octanol–water partition coefficient (Wildman–Crippen LogP) is 5.23. The van der Waals surface area contributed by atoms with Crippen molar-refractivity contribution in [1.82, 2.24) is 14.7 Å². The van der Waals surface area contributed by atoms with Gasteiger partial charge in [-0.25, -0.2) is 13.8 Å². The Balaban J connectivity index is 1.53. The Labute approximate surface area is 168 Å². The maximum Gasteiger partial charge on any atom is 0.253 e. The zero-order valence-electron chi connectivity index (χ0n) is 14.7. The van der Waals surface area contributed by atoms with Gasteiger partial charge in [-0.3, -0.25) is 9.20 Å². The molecule has 0 fully saturated rings. The van der Waals surface area contributed by atoms with Crippen LogP contribution < -0.4 is 5.32 Å². The number of amides is 1. The average Bonchev–Trinajstić information content (AvgIpc) is 3.20. The fourth-order valence-corrected chi connectivity index (χ4v) is 4.14. The summed E-state index contributed by atoms with van der Waals surface area (Å²) in [7, 11) is 0. The van der Waals surface area contributed by atoms with Gasteiger partial charge in [-0.1, -0.05) is 22.9 Å². The largest absolute Gasteiger partial charge is 0.347 e. The number of halogens is 3. The number of fused-ring (bicyclic) bond motifs is 1. The number of rotatable bonds is 4. The first-order valence-corrected chi connectivity index (χ1v) is 9.58. The van der Waals surface area contributed by atoms with E-state index in [2.05, 4.69) is 10.3 Å². The summed E-state index contributed by atoms with van der Waals surface area (Å²) in [5.41, 5.74) is 2.76. The van der Waals surface area contributed by atoms with E-state index in [1.807, 2.05) is 17.5 Å². The molecule has 0 spiro atoms. The fraction of sp³-hybridized carbons (Fsp3) is 0.100. The number of aromatic nitrogens is 2. The lowest BCUT2D eigenvalue weighted by atomic mass is 10.2. The highest BCUT2D eigenvalue weighted by molar-refractivity contribution is 7.17. The second-order valence-corrected chi connectivity index (χ2v) is 7.67. The van der Waals surface area contributed by atoms with Gasteiger partial charge in [-0.05, 0) is 49.4 Å². The van der Waals surface area contributed by atoms with Gasteiger partial charge in [-0.2, -0.15) is 0 Å². The second-order valence-electron chi connectivity index (χ2n) is 6.20. The molecule has 4 rings (SSSR count). The third kappa shape index (κ3) is 3.50. The van der Waals surface area contributed by atoms with Gasteiger partial charge < -0.3 is 5.32 Å². The van der Waals surface area contributed by atoms with E-state index in [0.29, 0.717) is 6.54 Å². The first kappa shape index (κ1) is 18.6. The zero-order chi connectivity index (χ0) is 19.8. The number of aryl methyl sites for hydroxylation is 1. The van der Waals surface area contributed by atoms with E-state index >= 15 is 0 Å². The quantitative estimate of drug-likeness (QED) is 0.494. The molecule has 0 aliphatic carbocycles. The lowest BCUT2D eigenvalue weighted by molar-refractivity contribution is 0.0951. The van der Waals surface area contributed by atoms with Crippen molar-refractivity contribution >= 4 is 33.8 Å². The molecule has 4 aromatic rings. The number of nitrogens with one attached hydrogen (secondary N) is 1. The van der Waals surface area contributed by atoms with Crippen molar-refractivity contribution in [3.63, 3.8) is 0 Å². The summed E-state index contributed by atoms with van der Waals surface area (Å²) >= 11 is 7.39. The highest BCUT2D eigenvalue weighted by Gasteiger charge is 2.15. The van der Waals surface area contributed by atoms with Gasteiger partial charge >= 0.3 is 0 Å². The van der Waals surface area contributed by atoms with Crippen molar-refractivity contribution < 1.29 is 13.6 Å². The van der Waals surface area contributed by atoms with Crippen LogP contribution in [0.2, 0.25) is 5.02 Å². The van der Waals surface area contributed by atoms with Gasteiger partial charge in [0.25, 0.3) is 5.91 Å². The average molecular weight is 418 g/mol. The van der Waals surface area contributed by atoms with Crippen LogP contribution in [0, 0.1) is 18.6 Å². The van der Waals surface area contributed by atoms with Crippen molar-refractivity contribution in [3.8, 4) is 11.3 Å². The van der Waals surface area contributed by atoms with E-state index in [1.165, 1.54) is 35.6 Å². The maximum atomic E-state index is 13.1. The maximum absolute atomic E-state index is 13.1. The van der Waals surface area contributed by atoms with Crippen molar-refractivity contribution in [3.05, 3.63) is 81.5 Å². The molecule has 1 N–H and O–H groups in total. The smallest absolute Gasteiger partial charge is 0.253 e. The lowest BCUT2D eigenvalue weighted by Gasteiger charge is -2.06. The summed E-state index contributed by atoms with van der Waals surface area (Å²) in [5.74, 6) is -1.16. The van der Waals surface area contributed by atoms with Gasteiger partial charge in [-0.15, -0.1) is 0 Å². The Morgan fingerprint density at radius 1 is 1.18 bits per heavy atom. The highest BCUT2D eigenvalue weighted by atomic mass is 35.5.